The number of aromatic hydroxyl groups is 2. The van der Waals surface area contributed by atoms with Gasteiger partial charge in [-0.05, 0) is 18.6 Å². The number of rotatable bonds is 0. The molecule has 4 nitrogen and oxygen atoms in total. The molecule has 0 spiro atoms. The lowest BCUT2D eigenvalue weighted by atomic mass is 9.82. The molecule has 0 aromatic heterocycles. The van der Waals surface area contributed by atoms with Gasteiger partial charge in [0.2, 0.25) is 0 Å². The van der Waals surface area contributed by atoms with Crippen LogP contribution in [0.3, 0.4) is 0 Å². The Balaban J connectivity index is 2.43. The van der Waals surface area contributed by atoms with E-state index in [0.717, 1.165) is 0 Å². The Labute approximate surface area is 108 Å². The van der Waals surface area contributed by atoms with Crippen molar-refractivity contribution >= 4 is 11.6 Å². The van der Waals surface area contributed by atoms with E-state index in [4.69, 9.17) is 0 Å². The fourth-order valence-electron chi connectivity index (χ4n) is 2.39. The topological polar surface area (TPSA) is 74.6 Å². The Morgan fingerprint density at radius 2 is 1.42 bits per heavy atom. The number of phenolic OH excluding ortho intramolecular Hbond substituents is 2. The predicted molar refractivity (Wildman–Crippen MR) is 67.8 cm³/mol. The average Bonchev–Trinajstić information content (AvgIpc) is 2.40. The van der Waals surface area contributed by atoms with Gasteiger partial charge in [-0.1, -0.05) is 24.3 Å². The third kappa shape index (κ3) is 1.40. The normalized spacial score (nSPS) is 13.1. The van der Waals surface area contributed by atoms with E-state index in [2.05, 4.69) is 0 Å². The van der Waals surface area contributed by atoms with E-state index in [1.165, 1.54) is 18.2 Å². The molecule has 19 heavy (non-hydrogen) atoms. The highest BCUT2D eigenvalue weighted by atomic mass is 16.3. The molecule has 0 unspecified atom stereocenters. The number of hydrogen-bond donors (Lipinski definition) is 2. The first-order valence-electron chi connectivity index (χ1n) is 5.76. The SMILES string of the molecule is Cc1cc(O)c2c(c1O)C(=O)c1ccccc1C2=O. The van der Waals surface area contributed by atoms with Crippen molar-refractivity contribution in [1.29, 1.82) is 0 Å². The zero-order valence-corrected chi connectivity index (χ0v) is 10.1. The van der Waals surface area contributed by atoms with Gasteiger partial charge in [-0.15, -0.1) is 0 Å². The molecule has 1 aliphatic rings. The molecule has 0 saturated heterocycles. The average molecular weight is 254 g/mol. The van der Waals surface area contributed by atoms with Crippen molar-refractivity contribution < 1.29 is 19.8 Å². The summed E-state index contributed by atoms with van der Waals surface area (Å²) in [6, 6.07) is 7.67. The van der Waals surface area contributed by atoms with E-state index in [-0.39, 0.29) is 33.8 Å². The van der Waals surface area contributed by atoms with E-state index >= 15 is 0 Å². The maximum Gasteiger partial charge on any atom is 0.198 e. The highest BCUT2D eigenvalue weighted by Gasteiger charge is 2.34. The minimum atomic E-state index is -0.446. The molecular formula is C15H10O4. The first-order valence-corrected chi connectivity index (χ1v) is 5.76. The third-order valence-corrected chi connectivity index (χ3v) is 3.34. The first-order chi connectivity index (χ1) is 9.02. The molecule has 0 amide bonds. The molecular weight excluding hydrogens is 244 g/mol. The zero-order chi connectivity index (χ0) is 13.7. The van der Waals surface area contributed by atoms with Crippen molar-refractivity contribution in [3.05, 3.63) is 58.1 Å². The molecule has 0 atom stereocenters. The number of phenols is 2. The van der Waals surface area contributed by atoms with Gasteiger partial charge in [0.1, 0.15) is 11.5 Å². The third-order valence-electron chi connectivity index (χ3n) is 3.34. The minimum Gasteiger partial charge on any atom is -0.507 e. The molecule has 0 fully saturated rings. The van der Waals surface area contributed by atoms with E-state index in [9.17, 15) is 19.8 Å². The van der Waals surface area contributed by atoms with Gasteiger partial charge in [0.05, 0.1) is 11.1 Å². The Kier molecular flexibility index (Phi) is 2.22. The number of fused-ring (bicyclic) bond motifs is 2. The molecule has 0 heterocycles. The van der Waals surface area contributed by atoms with Crippen molar-refractivity contribution in [1.82, 2.24) is 0 Å². The zero-order valence-electron chi connectivity index (χ0n) is 10.1. The van der Waals surface area contributed by atoms with Gasteiger partial charge >= 0.3 is 0 Å². The Morgan fingerprint density at radius 3 is 2.00 bits per heavy atom. The smallest absolute Gasteiger partial charge is 0.198 e. The number of carbonyl (C=O) groups excluding carboxylic acids is 2. The van der Waals surface area contributed by atoms with Gasteiger partial charge in [0.25, 0.3) is 0 Å². The summed E-state index contributed by atoms with van der Waals surface area (Å²) in [4.78, 5) is 24.7. The number of carbonyl (C=O) groups is 2. The second-order valence-corrected chi connectivity index (χ2v) is 4.52. The van der Waals surface area contributed by atoms with Crippen LogP contribution >= 0.6 is 0 Å². The lowest BCUT2D eigenvalue weighted by Gasteiger charge is -2.20. The van der Waals surface area contributed by atoms with Crippen molar-refractivity contribution in [2.75, 3.05) is 0 Å². The van der Waals surface area contributed by atoms with Gasteiger partial charge in [0.15, 0.2) is 11.6 Å². The molecule has 0 saturated carbocycles. The maximum atomic E-state index is 12.4. The summed E-state index contributed by atoms with van der Waals surface area (Å²) < 4.78 is 0. The summed E-state index contributed by atoms with van der Waals surface area (Å²) in [6.07, 6.45) is 0. The minimum absolute atomic E-state index is 0.110. The summed E-state index contributed by atoms with van der Waals surface area (Å²) in [5, 5.41) is 19.9. The second kappa shape index (κ2) is 3.68. The van der Waals surface area contributed by atoms with Crippen LogP contribution in [0.15, 0.2) is 30.3 Å². The van der Waals surface area contributed by atoms with Crippen molar-refractivity contribution in [2.24, 2.45) is 0 Å². The Morgan fingerprint density at radius 1 is 0.895 bits per heavy atom. The van der Waals surface area contributed by atoms with Gasteiger partial charge < -0.3 is 10.2 Å². The van der Waals surface area contributed by atoms with Crippen LogP contribution in [0.2, 0.25) is 0 Å². The van der Waals surface area contributed by atoms with Crippen molar-refractivity contribution in [3.8, 4) is 11.5 Å². The molecule has 1 aliphatic carbocycles. The van der Waals surface area contributed by atoms with Crippen LogP contribution in [0.5, 0.6) is 11.5 Å². The van der Waals surface area contributed by atoms with Gasteiger partial charge in [-0.25, -0.2) is 0 Å². The highest BCUT2D eigenvalue weighted by Crippen LogP contribution is 2.39. The number of aryl methyl sites for hydroxylation is 1. The lowest BCUT2D eigenvalue weighted by Crippen LogP contribution is -2.21. The van der Waals surface area contributed by atoms with E-state index in [1.807, 2.05) is 0 Å². The molecule has 0 aliphatic heterocycles. The summed E-state index contributed by atoms with van der Waals surface area (Å²) >= 11 is 0. The highest BCUT2D eigenvalue weighted by molar-refractivity contribution is 6.30. The number of hydrogen-bond acceptors (Lipinski definition) is 4. The van der Waals surface area contributed by atoms with Crippen LogP contribution in [-0.4, -0.2) is 21.8 Å². The molecule has 2 aromatic rings. The van der Waals surface area contributed by atoms with Crippen LogP contribution in [0.25, 0.3) is 0 Å². The number of benzene rings is 2. The second-order valence-electron chi connectivity index (χ2n) is 4.52. The molecule has 0 radical (unpaired) electrons. The van der Waals surface area contributed by atoms with Crippen LogP contribution < -0.4 is 0 Å². The summed E-state index contributed by atoms with van der Waals surface area (Å²) in [5.41, 5.74) is 0.628. The molecule has 94 valence electrons. The molecule has 0 bridgehead atoms. The Hall–Kier alpha value is -2.62. The quantitative estimate of drug-likeness (QED) is 0.603. The van der Waals surface area contributed by atoms with Crippen molar-refractivity contribution in [3.63, 3.8) is 0 Å². The summed E-state index contributed by atoms with van der Waals surface area (Å²) in [5.74, 6) is -1.42. The van der Waals surface area contributed by atoms with E-state index < -0.39 is 11.6 Å². The first kappa shape index (κ1) is 11.5. The van der Waals surface area contributed by atoms with E-state index in [0.29, 0.717) is 5.56 Å². The molecule has 3 rings (SSSR count). The van der Waals surface area contributed by atoms with Crippen molar-refractivity contribution in [2.45, 2.75) is 6.92 Å². The number of ketones is 2. The Bertz CT molecular complexity index is 744. The van der Waals surface area contributed by atoms with E-state index in [1.54, 1.807) is 19.1 Å². The van der Waals surface area contributed by atoms with Crippen LogP contribution in [0.1, 0.15) is 37.4 Å². The van der Waals surface area contributed by atoms with Gasteiger partial charge in [-0.3, -0.25) is 9.59 Å². The monoisotopic (exact) mass is 254 g/mol. The summed E-state index contributed by atoms with van der Waals surface area (Å²) in [7, 11) is 0. The van der Waals surface area contributed by atoms with Crippen LogP contribution in [-0.2, 0) is 0 Å². The van der Waals surface area contributed by atoms with Crippen LogP contribution in [0, 0.1) is 6.92 Å². The fourth-order valence-corrected chi connectivity index (χ4v) is 2.39. The fraction of sp³-hybridized carbons (Fsp3) is 0.0667. The maximum absolute atomic E-state index is 12.4. The van der Waals surface area contributed by atoms with Gasteiger partial charge in [-0.2, -0.15) is 0 Å². The molecule has 4 heteroatoms. The van der Waals surface area contributed by atoms with Gasteiger partial charge in [0, 0.05) is 11.1 Å². The predicted octanol–water partition coefficient (Wildman–Crippen LogP) is 2.18. The summed E-state index contributed by atoms with van der Waals surface area (Å²) in [6.45, 7) is 1.56. The standard InChI is InChI=1S/C15H10O4/c1-7-6-10(16)11-12(13(7)17)15(19)9-5-3-2-4-8(9)14(11)18/h2-6,16-17H,1H3. The molecule has 2 N–H and O–H groups in total. The largest absolute Gasteiger partial charge is 0.507 e. The lowest BCUT2D eigenvalue weighted by molar-refractivity contribution is 0.0974. The molecule has 2 aromatic carbocycles. The van der Waals surface area contributed by atoms with Crippen LogP contribution in [0.4, 0.5) is 0 Å².